The minimum Gasteiger partial charge on any atom is -0.512 e. The monoisotopic (exact) mass is 158 g/mol. The lowest BCUT2D eigenvalue weighted by molar-refractivity contribution is -0.133. The van der Waals surface area contributed by atoms with Crippen molar-refractivity contribution in [2.24, 2.45) is 0 Å². The molecule has 0 saturated carbocycles. The van der Waals surface area contributed by atoms with Crippen LogP contribution in [0.4, 0.5) is 0 Å². The number of carboxylic acids is 1. The van der Waals surface area contributed by atoms with Gasteiger partial charge in [0, 0.05) is 6.42 Å². The molecule has 0 aliphatic heterocycles. The van der Waals surface area contributed by atoms with Crippen molar-refractivity contribution in [1.29, 1.82) is 0 Å². The van der Waals surface area contributed by atoms with Gasteiger partial charge in [-0.05, 0) is 6.42 Å². The van der Waals surface area contributed by atoms with E-state index in [1.165, 1.54) is 0 Å². The minimum atomic E-state index is -1.01. The number of hydrogen-bond donors (Lipinski definition) is 2. The fourth-order valence-corrected chi connectivity index (χ4v) is 0.838. The molecule has 0 saturated heterocycles. The Morgan fingerprint density at radius 3 is 2.09 bits per heavy atom. The van der Waals surface area contributed by atoms with Crippen LogP contribution in [0.5, 0.6) is 0 Å². The molecule has 0 atom stereocenters. The lowest BCUT2D eigenvalue weighted by atomic mass is 10.1. The quantitative estimate of drug-likeness (QED) is 0.486. The molecule has 64 valence electrons. The summed E-state index contributed by atoms with van der Waals surface area (Å²) in [5, 5.41) is 17.7. The van der Waals surface area contributed by atoms with Crippen LogP contribution >= 0.6 is 0 Å². The van der Waals surface area contributed by atoms with Gasteiger partial charge in [-0.1, -0.05) is 20.3 Å². The normalized spacial score (nSPS) is 12.5. The number of aliphatic hydroxyl groups excluding tert-OH is 1. The highest BCUT2D eigenvalue weighted by atomic mass is 16.4. The van der Waals surface area contributed by atoms with Crippen LogP contribution in [0.3, 0.4) is 0 Å². The Morgan fingerprint density at radius 2 is 1.82 bits per heavy atom. The van der Waals surface area contributed by atoms with E-state index < -0.39 is 5.97 Å². The largest absolute Gasteiger partial charge is 0.512 e. The molecule has 0 fully saturated rings. The van der Waals surface area contributed by atoms with E-state index in [9.17, 15) is 4.79 Å². The molecule has 0 bridgehead atoms. The smallest absolute Gasteiger partial charge is 0.334 e. The maximum atomic E-state index is 10.5. The second kappa shape index (κ2) is 4.77. The molecule has 3 heteroatoms. The molecule has 0 heterocycles. The van der Waals surface area contributed by atoms with E-state index in [1.54, 1.807) is 6.92 Å². The first-order valence-corrected chi connectivity index (χ1v) is 3.77. The highest BCUT2D eigenvalue weighted by molar-refractivity contribution is 5.86. The van der Waals surface area contributed by atoms with Crippen LogP contribution in [0.15, 0.2) is 11.3 Å². The summed E-state index contributed by atoms with van der Waals surface area (Å²) in [4.78, 5) is 10.5. The van der Waals surface area contributed by atoms with E-state index in [4.69, 9.17) is 10.2 Å². The van der Waals surface area contributed by atoms with E-state index in [1.807, 2.05) is 6.92 Å². The summed E-state index contributed by atoms with van der Waals surface area (Å²) >= 11 is 0. The molecule has 0 spiro atoms. The van der Waals surface area contributed by atoms with Crippen LogP contribution in [0.1, 0.15) is 33.1 Å². The second-order valence-corrected chi connectivity index (χ2v) is 2.33. The Bertz CT molecular complexity index is 170. The fourth-order valence-electron chi connectivity index (χ4n) is 0.838. The van der Waals surface area contributed by atoms with Gasteiger partial charge in [-0.3, -0.25) is 0 Å². The highest BCUT2D eigenvalue weighted by Gasteiger charge is 2.10. The second-order valence-electron chi connectivity index (χ2n) is 2.33. The van der Waals surface area contributed by atoms with Gasteiger partial charge in [-0.25, -0.2) is 4.79 Å². The fraction of sp³-hybridized carbons (Fsp3) is 0.625. The van der Waals surface area contributed by atoms with Gasteiger partial charge >= 0.3 is 5.97 Å². The zero-order valence-corrected chi connectivity index (χ0v) is 6.92. The predicted molar refractivity (Wildman–Crippen MR) is 42.5 cm³/mol. The van der Waals surface area contributed by atoms with E-state index >= 15 is 0 Å². The van der Waals surface area contributed by atoms with Gasteiger partial charge in [0.15, 0.2) is 0 Å². The Labute approximate surface area is 66.4 Å². The van der Waals surface area contributed by atoms with Crippen LogP contribution in [-0.2, 0) is 4.79 Å². The van der Waals surface area contributed by atoms with E-state index in [0.29, 0.717) is 12.8 Å². The number of hydrogen-bond acceptors (Lipinski definition) is 2. The van der Waals surface area contributed by atoms with E-state index in [0.717, 1.165) is 6.42 Å². The van der Waals surface area contributed by atoms with Crippen molar-refractivity contribution >= 4 is 5.97 Å². The van der Waals surface area contributed by atoms with Gasteiger partial charge in [0.25, 0.3) is 0 Å². The van der Waals surface area contributed by atoms with Gasteiger partial charge in [0.2, 0.25) is 0 Å². The molecule has 0 aromatic carbocycles. The molecule has 11 heavy (non-hydrogen) atoms. The maximum absolute atomic E-state index is 10.5. The number of rotatable bonds is 4. The molecular formula is C8H14O3. The van der Waals surface area contributed by atoms with Crippen LogP contribution < -0.4 is 0 Å². The highest BCUT2D eigenvalue weighted by Crippen LogP contribution is 2.11. The zero-order valence-electron chi connectivity index (χ0n) is 6.92. The van der Waals surface area contributed by atoms with Crippen molar-refractivity contribution in [3.63, 3.8) is 0 Å². The number of allylic oxidation sites excluding steroid dienone is 1. The summed E-state index contributed by atoms with van der Waals surface area (Å²) in [6, 6.07) is 0. The summed E-state index contributed by atoms with van der Waals surface area (Å²) in [6.07, 6.45) is 1.57. The first-order chi connectivity index (χ1) is 5.13. The Morgan fingerprint density at radius 1 is 1.27 bits per heavy atom. The van der Waals surface area contributed by atoms with Gasteiger partial charge in [-0.15, -0.1) is 0 Å². The molecular weight excluding hydrogens is 144 g/mol. The third-order valence-corrected chi connectivity index (χ3v) is 1.44. The third kappa shape index (κ3) is 3.07. The minimum absolute atomic E-state index is 0.000602. The van der Waals surface area contributed by atoms with Crippen molar-refractivity contribution in [2.45, 2.75) is 33.1 Å². The molecule has 0 aromatic heterocycles. The topological polar surface area (TPSA) is 57.5 Å². The standard InChI is InChI=1S/C8H14O3/c1-3-5-6(8(10)11)7(9)4-2/h9H,3-5H2,1-2H3,(H,10,11)/b7-6-. The molecule has 0 radical (unpaired) electrons. The molecule has 0 aliphatic rings. The van der Waals surface area contributed by atoms with Crippen LogP contribution in [0.2, 0.25) is 0 Å². The van der Waals surface area contributed by atoms with Gasteiger partial charge in [0.1, 0.15) is 5.76 Å². The number of carboxylic acid groups (broad SMARTS) is 1. The Hall–Kier alpha value is -0.990. The number of carbonyl (C=O) groups is 1. The van der Waals surface area contributed by atoms with Crippen molar-refractivity contribution in [3.05, 3.63) is 11.3 Å². The summed E-state index contributed by atoms with van der Waals surface area (Å²) in [5.41, 5.74) is 0.148. The molecule has 2 N–H and O–H groups in total. The van der Waals surface area contributed by atoms with Crippen LogP contribution in [-0.4, -0.2) is 16.2 Å². The third-order valence-electron chi connectivity index (χ3n) is 1.44. The lowest BCUT2D eigenvalue weighted by Crippen LogP contribution is -2.04. The van der Waals surface area contributed by atoms with Crippen molar-refractivity contribution in [3.8, 4) is 0 Å². The molecule has 0 unspecified atom stereocenters. The Balaban J connectivity index is 4.43. The number of aliphatic carboxylic acids is 1. The van der Waals surface area contributed by atoms with E-state index in [2.05, 4.69) is 0 Å². The summed E-state index contributed by atoms with van der Waals surface area (Å²) in [6.45, 7) is 3.61. The van der Waals surface area contributed by atoms with E-state index in [-0.39, 0.29) is 11.3 Å². The van der Waals surface area contributed by atoms with Crippen molar-refractivity contribution in [2.75, 3.05) is 0 Å². The first kappa shape index (κ1) is 10.0. The van der Waals surface area contributed by atoms with Crippen molar-refractivity contribution in [1.82, 2.24) is 0 Å². The summed E-state index contributed by atoms with van der Waals surface area (Å²) in [5.74, 6) is -1.01. The maximum Gasteiger partial charge on any atom is 0.334 e. The molecule has 3 nitrogen and oxygen atoms in total. The average molecular weight is 158 g/mol. The predicted octanol–water partition coefficient (Wildman–Crippen LogP) is 2.09. The lowest BCUT2D eigenvalue weighted by Gasteiger charge is -2.02. The van der Waals surface area contributed by atoms with Gasteiger partial charge < -0.3 is 10.2 Å². The molecule has 0 aliphatic carbocycles. The summed E-state index contributed by atoms with van der Waals surface area (Å²) in [7, 11) is 0. The zero-order chi connectivity index (χ0) is 8.85. The Kier molecular flexibility index (Phi) is 4.34. The molecule has 0 aromatic rings. The van der Waals surface area contributed by atoms with Crippen molar-refractivity contribution < 1.29 is 15.0 Å². The SMILES string of the molecule is CCC/C(C(=O)O)=C(/O)CC. The summed E-state index contributed by atoms with van der Waals surface area (Å²) < 4.78 is 0. The first-order valence-electron chi connectivity index (χ1n) is 3.77. The van der Waals surface area contributed by atoms with Gasteiger partial charge in [-0.2, -0.15) is 0 Å². The number of aliphatic hydroxyl groups is 1. The van der Waals surface area contributed by atoms with Crippen LogP contribution in [0, 0.1) is 0 Å². The average Bonchev–Trinajstić information content (AvgIpc) is 1.98. The van der Waals surface area contributed by atoms with Crippen LogP contribution in [0.25, 0.3) is 0 Å². The van der Waals surface area contributed by atoms with Gasteiger partial charge in [0.05, 0.1) is 5.57 Å². The molecule has 0 rings (SSSR count). The molecule has 0 amide bonds.